The number of ether oxygens (including phenoxy) is 1. The lowest BCUT2D eigenvalue weighted by Crippen LogP contribution is -2.49. The van der Waals surface area contributed by atoms with Crippen LogP contribution in [0.4, 0.5) is 13.2 Å². The van der Waals surface area contributed by atoms with Crippen LogP contribution in [0.25, 0.3) is 0 Å². The van der Waals surface area contributed by atoms with Gasteiger partial charge in [-0.25, -0.2) is 0 Å². The number of hydrogen-bond acceptors (Lipinski definition) is 4. The topological polar surface area (TPSA) is 44.7 Å². The van der Waals surface area contributed by atoms with E-state index >= 15 is 0 Å². The number of nitrogens with zero attached hydrogens (tertiary/aromatic N) is 1. The third-order valence-electron chi connectivity index (χ3n) is 4.09. The van der Waals surface area contributed by atoms with Crippen LogP contribution in [0.15, 0.2) is 24.3 Å². The van der Waals surface area contributed by atoms with Crippen molar-refractivity contribution in [2.24, 2.45) is 5.41 Å². The van der Waals surface area contributed by atoms with E-state index in [1.807, 2.05) is 13.8 Å². The van der Waals surface area contributed by atoms with E-state index in [9.17, 15) is 18.3 Å². The lowest BCUT2D eigenvalue weighted by molar-refractivity contribution is -0.274. The van der Waals surface area contributed by atoms with Crippen LogP contribution in [-0.4, -0.2) is 49.2 Å². The zero-order valence-electron chi connectivity index (χ0n) is 13.8. The van der Waals surface area contributed by atoms with Crippen LogP contribution in [0, 0.1) is 5.41 Å². The van der Waals surface area contributed by atoms with Gasteiger partial charge in [0.05, 0.1) is 0 Å². The maximum Gasteiger partial charge on any atom is 0.573 e. The molecular formula is C16H24ClF3N2O2. The first-order valence-electron chi connectivity index (χ1n) is 7.64. The number of aliphatic hydroxyl groups is 1. The first-order chi connectivity index (χ1) is 10.7. The van der Waals surface area contributed by atoms with Crippen LogP contribution >= 0.6 is 12.4 Å². The first kappa shape index (κ1) is 21.0. The summed E-state index contributed by atoms with van der Waals surface area (Å²) in [6, 6.07) is 5.86. The van der Waals surface area contributed by atoms with E-state index in [4.69, 9.17) is 0 Å². The summed E-state index contributed by atoms with van der Waals surface area (Å²) in [7, 11) is 0. The third kappa shape index (κ3) is 5.51. The maximum atomic E-state index is 12.3. The molecule has 0 aliphatic carbocycles. The van der Waals surface area contributed by atoms with Gasteiger partial charge >= 0.3 is 6.36 Å². The average molecular weight is 369 g/mol. The van der Waals surface area contributed by atoms with E-state index in [1.165, 1.54) is 12.1 Å². The third-order valence-corrected chi connectivity index (χ3v) is 4.09. The molecule has 1 aromatic rings. The first-order valence-corrected chi connectivity index (χ1v) is 7.64. The molecule has 8 heteroatoms. The average Bonchev–Trinajstić information content (AvgIpc) is 2.49. The Labute approximate surface area is 146 Å². The van der Waals surface area contributed by atoms with Crippen molar-refractivity contribution in [3.05, 3.63) is 29.8 Å². The van der Waals surface area contributed by atoms with Crippen molar-refractivity contribution >= 4 is 12.4 Å². The Morgan fingerprint density at radius 1 is 1.17 bits per heavy atom. The van der Waals surface area contributed by atoms with Crippen molar-refractivity contribution in [3.8, 4) is 5.75 Å². The van der Waals surface area contributed by atoms with Crippen molar-refractivity contribution in [2.45, 2.75) is 26.3 Å². The molecule has 0 saturated carbocycles. The SMILES string of the molecule is CC(C)(CO)[C@H](c1ccc(OC(F)(F)F)cc1)N1CCNCC1.Cl. The summed E-state index contributed by atoms with van der Waals surface area (Å²) in [5, 5.41) is 13.0. The molecule has 24 heavy (non-hydrogen) atoms. The number of aliphatic hydroxyl groups excluding tert-OH is 1. The molecule has 138 valence electrons. The van der Waals surface area contributed by atoms with E-state index in [0.717, 1.165) is 31.7 Å². The number of halogens is 4. The second kappa shape index (κ2) is 8.38. The number of alkyl halides is 3. The number of piperazine rings is 1. The molecule has 1 aromatic carbocycles. The summed E-state index contributed by atoms with van der Waals surface area (Å²) in [6.45, 7) is 7.27. The number of nitrogens with one attached hydrogen (secondary N) is 1. The molecule has 1 atom stereocenters. The van der Waals surface area contributed by atoms with E-state index in [0.29, 0.717) is 0 Å². The molecular weight excluding hydrogens is 345 g/mol. The van der Waals surface area contributed by atoms with Crippen LogP contribution in [0.1, 0.15) is 25.5 Å². The standard InChI is InChI=1S/C16H23F3N2O2.ClH/c1-15(2,11-22)14(21-9-7-20-8-10-21)12-3-5-13(6-4-12)23-16(17,18)19;/h3-6,14,20,22H,7-11H2,1-2H3;1H/t14-;/m0./s1. The van der Waals surface area contributed by atoms with Crippen LogP contribution in [0.5, 0.6) is 5.75 Å². The smallest absolute Gasteiger partial charge is 0.406 e. The van der Waals surface area contributed by atoms with Crippen molar-refractivity contribution in [2.75, 3.05) is 32.8 Å². The van der Waals surface area contributed by atoms with Crippen LogP contribution in [0.2, 0.25) is 0 Å². The number of benzene rings is 1. The fourth-order valence-electron chi connectivity index (χ4n) is 3.03. The van der Waals surface area contributed by atoms with Crippen molar-refractivity contribution < 1.29 is 23.0 Å². The quantitative estimate of drug-likeness (QED) is 0.838. The zero-order chi connectivity index (χ0) is 17.1. The molecule has 4 nitrogen and oxygen atoms in total. The predicted octanol–water partition coefficient (Wildman–Crippen LogP) is 2.97. The normalized spacial score (nSPS) is 17.9. The van der Waals surface area contributed by atoms with E-state index in [-0.39, 0.29) is 30.8 Å². The van der Waals surface area contributed by atoms with Gasteiger partial charge in [-0.15, -0.1) is 25.6 Å². The Morgan fingerprint density at radius 3 is 2.17 bits per heavy atom. The fraction of sp³-hybridized carbons (Fsp3) is 0.625. The summed E-state index contributed by atoms with van der Waals surface area (Å²) in [5.74, 6) is -0.234. The Hall–Kier alpha value is -1.02. The minimum Gasteiger partial charge on any atom is -0.406 e. The van der Waals surface area contributed by atoms with Gasteiger partial charge < -0.3 is 15.2 Å². The molecule has 2 rings (SSSR count). The predicted molar refractivity (Wildman–Crippen MR) is 88.4 cm³/mol. The highest BCUT2D eigenvalue weighted by Gasteiger charge is 2.36. The van der Waals surface area contributed by atoms with Gasteiger partial charge in [-0.1, -0.05) is 26.0 Å². The highest BCUT2D eigenvalue weighted by Crippen LogP contribution is 2.39. The van der Waals surface area contributed by atoms with Gasteiger partial charge in [0, 0.05) is 44.2 Å². The molecule has 0 amide bonds. The van der Waals surface area contributed by atoms with Crippen molar-refractivity contribution in [1.29, 1.82) is 0 Å². The molecule has 0 aromatic heterocycles. The molecule has 0 spiro atoms. The van der Waals surface area contributed by atoms with Gasteiger partial charge in [-0.2, -0.15) is 0 Å². The lowest BCUT2D eigenvalue weighted by Gasteiger charge is -2.43. The molecule has 1 saturated heterocycles. The van der Waals surface area contributed by atoms with Crippen LogP contribution in [0.3, 0.4) is 0 Å². The Kier molecular flexibility index (Phi) is 7.34. The fourth-order valence-corrected chi connectivity index (χ4v) is 3.03. The molecule has 1 aliphatic rings. The molecule has 0 unspecified atom stereocenters. The maximum absolute atomic E-state index is 12.3. The van der Waals surface area contributed by atoms with Crippen molar-refractivity contribution in [1.82, 2.24) is 10.2 Å². The molecule has 0 bridgehead atoms. The van der Waals surface area contributed by atoms with E-state index in [1.54, 1.807) is 12.1 Å². The minimum absolute atomic E-state index is 0. The van der Waals surface area contributed by atoms with Crippen molar-refractivity contribution in [3.63, 3.8) is 0 Å². The summed E-state index contributed by atoms with van der Waals surface area (Å²) < 4.78 is 40.7. The summed E-state index contributed by atoms with van der Waals surface area (Å²) in [4.78, 5) is 2.26. The van der Waals surface area contributed by atoms with Crippen LogP contribution < -0.4 is 10.1 Å². The molecule has 0 radical (unpaired) electrons. The van der Waals surface area contributed by atoms with Gasteiger partial charge in [0.15, 0.2) is 0 Å². The van der Waals surface area contributed by atoms with E-state index in [2.05, 4.69) is 15.0 Å². The lowest BCUT2D eigenvalue weighted by atomic mass is 9.79. The van der Waals surface area contributed by atoms with Crippen LogP contribution in [-0.2, 0) is 0 Å². The largest absolute Gasteiger partial charge is 0.573 e. The summed E-state index contributed by atoms with van der Waals surface area (Å²) >= 11 is 0. The summed E-state index contributed by atoms with van der Waals surface area (Å²) in [6.07, 6.45) is -4.69. The monoisotopic (exact) mass is 368 g/mol. The Morgan fingerprint density at radius 2 is 1.71 bits per heavy atom. The van der Waals surface area contributed by atoms with E-state index < -0.39 is 11.8 Å². The van der Waals surface area contributed by atoms with Gasteiger partial charge in [0.25, 0.3) is 0 Å². The molecule has 1 heterocycles. The zero-order valence-corrected chi connectivity index (χ0v) is 14.6. The Bertz CT molecular complexity index is 503. The summed E-state index contributed by atoms with van der Waals surface area (Å²) in [5.41, 5.74) is 0.462. The highest BCUT2D eigenvalue weighted by atomic mass is 35.5. The van der Waals surface area contributed by atoms with Gasteiger partial charge in [-0.3, -0.25) is 4.90 Å². The second-order valence-electron chi connectivity index (χ2n) is 6.45. The van der Waals surface area contributed by atoms with Gasteiger partial charge in [0.2, 0.25) is 0 Å². The number of hydrogen-bond donors (Lipinski definition) is 2. The minimum atomic E-state index is -4.69. The molecule has 1 aliphatic heterocycles. The molecule has 1 fully saturated rings. The highest BCUT2D eigenvalue weighted by molar-refractivity contribution is 5.85. The second-order valence-corrected chi connectivity index (χ2v) is 6.45. The Balaban J connectivity index is 0.00000288. The number of rotatable bonds is 5. The van der Waals surface area contributed by atoms with Gasteiger partial charge in [0.1, 0.15) is 5.75 Å². The van der Waals surface area contributed by atoms with Gasteiger partial charge in [-0.05, 0) is 17.7 Å². The molecule has 2 N–H and O–H groups in total.